The van der Waals surface area contributed by atoms with Gasteiger partial charge in [0.15, 0.2) is 0 Å². The molecule has 1 heterocycles. The van der Waals surface area contributed by atoms with Crippen LogP contribution in [0.4, 0.5) is 0 Å². The molecule has 12 heavy (non-hydrogen) atoms. The van der Waals surface area contributed by atoms with E-state index in [0.717, 1.165) is 5.56 Å². The Hall–Kier alpha value is -0.640. The number of pyridine rings is 1. The smallest absolute Gasteiger partial charge is 0.129 e. The SMILES string of the molecule is NC(CO)Cc1ccnc(Cl)c1. The molecule has 0 saturated heterocycles. The van der Waals surface area contributed by atoms with E-state index in [-0.39, 0.29) is 12.6 Å². The first kappa shape index (κ1) is 9.45. The minimum atomic E-state index is -0.219. The molecule has 1 aromatic rings. The molecule has 0 spiro atoms. The zero-order valence-corrected chi connectivity index (χ0v) is 7.33. The molecule has 66 valence electrons. The second-order valence-electron chi connectivity index (χ2n) is 2.63. The van der Waals surface area contributed by atoms with Gasteiger partial charge in [0, 0.05) is 12.2 Å². The van der Waals surface area contributed by atoms with Gasteiger partial charge in [0.1, 0.15) is 5.15 Å². The monoisotopic (exact) mass is 186 g/mol. The highest BCUT2D eigenvalue weighted by Gasteiger charge is 2.02. The zero-order valence-electron chi connectivity index (χ0n) is 6.57. The first-order valence-electron chi connectivity index (χ1n) is 3.69. The molecule has 0 aromatic carbocycles. The maximum atomic E-state index is 8.69. The van der Waals surface area contributed by atoms with Crippen molar-refractivity contribution in [1.29, 1.82) is 0 Å². The molecular weight excluding hydrogens is 176 g/mol. The normalized spacial score (nSPS) is 12.9. The van der Waals surface area contributed by atoms with E-state index < -0.39 is 0 Å². The molecule has 0 bridgehead atoms. The predicted molar refractivity (Wildman–Crippen MR) is 48.0 cm³/mol. The van der Waals surface area contributed by atoms with Gasteiger partial charge >= 0.3 is 0 Å². The molecular formula is C8H11ClN2O. The van der Waals surface area contributed by atoms with Gasteiger partial charge in [0.05, 0.1) is 6.61 Å². The molecule has 1 aromatic heterocycles. The van der Waals surface area contributed by atoms with E-state index in [4.69, 9.17) is 22.4 Å². The van der Waals surface area contributed by atoms with Crippen molar-refractivity contribution in [2.45, 2.75) is 12.5 Å². The number of hydrogen-bond donors (Lipinski definition) is 2. The Balaban J connectivity index is 2.63. The number of hydrogen-bond acceptors (Lipinski definition) is 3. The van der Waals surface area contributed by atoms with Gasteiger partial charge < -0.3 is 10.8 Å². The molecule has 0 aliphatic heterocycles. The standard InChI is InChI=1S/C8H11ClN2O/c9-8-4-6(1-2-11-8)3-7(10)5-12/h1-2,4,7,12H,3,5,10H2. The van der Waals surface area contributed by atoms with E-state index in [0.29, 0.717) is 11.6 Å². The fourth-order valence-electron chi connectivity index (χ4n) is 0.937. The highest BCUT2D eigenvalue weighted by atomic mass is 35.5. The Labute approximate surface area is 76.2 Å². The van der Waals surface area contributed by atoms with Gasteiger partial charge in [-0.05, 0) is 24.1 Å². The summed E-state index contributed by atoms with van der Waals surface area (Å²) in [7, 11) is 0. The largest absolute Gasteiger partial charge is 0.395 e. The van der Waals surface area contributed by atoms with Crippen LogP contribution in [0.25, 0.3) is 0 Å². The van der Waals surface area contributed by atoms with Gasteiger partial charge in [-0.3, -0.25) is 0 Å². The third-order valence-electron chi connectivity index (χ3n) is 1.52. The van der Waals surface area contributed by atoms with Gasteiger partial charge in [-0.1, -0.05) is 11.6 Å². The third-order valence-corrected chi connectivity index (χ3v) is 1.73. The summed E-state index contributed by atoms with van der Waals surface area (Å²) >= 11 is 5.66. The lowest BCUT2D eigenvalue weighted by Crippen LogP contribution is -2.26. The molecule has 1 unspecified atom stereocenters. The molecule has 0 amide bonds. The van der Waals surface area contributed by atoms with Crippen LogP contribution in [0.5, 0.6) is 0 Å². The first-order valence-corrected chi connectivity index (χ1v) is 4.07. The average Bonchev–Trinajstić information content (AvgIpc) is 2.04. The number of rotatable bonds is 3. The van der Waals surface area contributed by atoms with E-state index in [1.807, 2.05) is 6.07 Å². The van der Waals surface area contributed by atoms with Gasteiger partial charge in [-0.15, -0.1) is 0 Å². The van der Waals surface area contributed by atoms with Crippen LogP contribution in [0.1, 0.15) is 5.56 Å². The fraction of sp³-hybridized carbons (Fsp3) is 0.375. The number of aromatic nitrogens is 1. The van der Waals surface area contributed by atoms with Crippen LogP contribution in [0, 0.1) is 0 Å². The molecule has 0 radical (unpaired) electrons. The van der Waals surface area contributed by atoms with Gasteiger partial charge in [-0.2, -0.15) is 0 Å². The Bertz CT molecular complexity index is 255. The molecule has 0 aliphatic rings. The van der Waals surface area contributed by atoms with Crippen molar-refractivity contribution >= 4 is 11.6 Å². The number of nitrogens with two attached hydrogens (primary N) is 1. The number of aliphatic hydroxyl groups is 1. The van der Waals surface area contributed by atoms with Crippen LogP contribution in [0.3, 0.4) is 0 Å². The quantitative estimate of drug-likeness (QED) is 0.680. The molecule has 4 heteroatoms. The second kappa shape index (κ2) is 4.40. The number of nitrogens with zero attached hydrogens (tertiary/aromatic N) is 1. The number of halogens is 1. The Morgan fingerprint density at radius 1 is 1.67 bits per heavy atom. The van der Waals surface area contributed by atoms with Gasteiger partial charge in [0.25, 0.3) is 0 Å². The predicted octanol–water partition coefficient (Wildman–Crippen LogP) is 0.597. The average molecular weight is 187 g/mol. The lowest BCUT2D eigenvalue weighted by molar-refractivity contribution is 0.265. The molecule has 1 rings (SSSR count). The summed E-state index contributed by atoms with van der Waals surface area (Å²) < 4.78 is 0. The summed E-state index contributed by atoms with van der Waals surface area (Å²) in [5.74, 6) is 0. The van der Waals surface area contributed by atoms with E-state index in [9.17, 15) is 0 Å². The summed E-state index contributed by atoms with van der Waals surface area (Å²) in [4.78, 5) is 3.84. The van der Waals surface area contributed by atoms with Crippen molar-refractivity contribution < 1.29 is 5.11 Å². The van der Waals surface area contributed by atoms with Crippen LogP contribution in [-0.2, 0) is 6.42 Å². The highest BCUT2D eigenvalue weighted by molar-refractivity contribution is 6.29. The molecule has 0 fully saturated rings. The van der Waals surface area contributed by atoms with Gasteiger partial charge in [-0.25, -0.2) is 4.98 Å². The van der Waals surface area contributed by atoms with E-state index in [2.05, 4.69) is 4.98 Å². The summed E-state index contributed by atoms with van der Waals surface area (Å²) in [6, 6.07) is 3.36. The molecule has 3 nitrogen and oxygen atoms in total. The first-order chi connectivity index (χ1) is 5.72. The van der Waals surface area contributed by atoms with Crippen molar-refractivity contribution in [3.8, 4) is 0 Å². The Morgan fingerprint density at radius 2 is 2.42 bits per heavy atom. The minimum absolute atomic E-state index is 0.0139. The molecule has 3 N–H and O–H groups in total. The van der Waals surface area contributed by atoms with Crippen molar-refractivity contribution in [1.82, 2.24) is 4.98 Å². The Morgan fingerprint density at radius 3 is 3.00 bits per heavy atom. The molecule has 0 aliphatic carbocycles. The molecule has 0 saturated carbocycles. The fourth-order valence-corrected chi connectivity index (χ4v) is 1.13. The van der Waals surface area contributed by atoms with Crippen molar-refractivity contribution in [3.63, 3.8) is 0 Å². The van der Waals surface area contributed by atoms with E-state index in [1.165, 1.54) is 0 Å². The summed E-state index contributed by atoms with van der Waals surface area (Å²) in [6.45, 7) is -0.0139. The van der Waals surface area contributed by atoms with E-state index >= 15 is 0 Å². The summed E-state index contributed by atoms with van der Waals surface area (Å²) in [5.41, 5.74) is 6.54. The van der Waals surface area contributed by atoms with Crippen LogP contribution in [0.15, 0.2) is 18.3 Å². The van der Waals surface area contributed by atoms with Crippen LogP contribution >= 0.6 is 11.6 Å². The highest BCUT2D eigenvalue weighted by Crippen LogP contribution is 2.08. The van der Waals surface area contributed by atoms with Crippen molar-refractivity contribution in [2.24, 2.45) is 5.73 Å². The lowest BCUT2D eigenvalue weighted by atomic mass is 10.1. The number of aliphatic hydroxyl groups excluding tert-OH is 1. The summed E-state index contributed by atoms with van der Waals surface area (Å²) in [6.07, 6.45) is 2.25. The van der Waals surface area contributed by atoms with E-state index in [1.54, 1.807) is 12.3 Å². The maximum absolute atomic E-state index is 8.69. The van der Waals surface area contributed by atoms with Crippen LogP contribution < -0.4 is 5.73 Å². The summed E-state index contributed by atoms with van der Waals surface area (Å²) in [5, 5.41) is 9.15. The lowest BCUT2D eigenvalue weighted by Gasteiger charge is -2.07. The Kier molecular flexibility index (Phi) is 3.47. The third kappa shape index (κ3) is 2.77. The van der Waals surface area contributed by atoms with Crippen LogP contribution in [-0.4, -0.2) is 22.7 Å². The van der Waals surface area contributed by atoms with Gasteiger partial charge in [0.2, 0.25) is 0 Å². The maximum Gasteiger partial charge on any atom is 0.129 e. The second-order valence-corrected chi connectivity index (χ2v) is 3.02. The zero-order chi connectivity index (χ0) is 8.97. The van der Waals surface area contributed by atoms with Crippen LogP contribution in [0.2, 0.25) is 5.15 Å². The topological polar surface area (TPSA) is 59.1 Å². The van der Waals surface area contributed by atoms with Crippen molar-refractivity contribution in [2.75, 3.05) is 6.61 Å². The minimum Gasteiger partial charge on any atom is -0.395 e. The van der Waals surface area contributed by atoms with Crippen molar-refractivity contribution in [3.05, 3.63) is 29.0 Å². The molecule has 1 atom stereocenters.